The van der Waals surface area contributed by atoms with E-state index in [0.29, 0.717) is 22.3 Å². The lowest BCUT2D eigenvalue weighted by atomic mass is 9.93. The molecule has 0 atom stereocenters. The zero-order valence-corrected chi connectivity index (χ0v) is 19.7. The number of aromatic nitrogens is 1. The van der Waals surface area contributed by atoms with Gasteiger partial charge in [-0.25, -0.2) is 4.39 Å². The van der Waals surface area contributed by atoms with Gasteiger partial charge < -0.3 is 20.5 Å². The first-order valence-electron chi connectivity index (χ1n) is 12.1. The number of pyridine rings is 1. The fraction of sp³-hybridized carbons (Fsp3) is 0.357. The molecule has 1 spiro atoms. The van der Waals surface area contributed by atoms with E-state index in [0.717, 1.165) is 29.9 Å². The number of anilines is 1. The zero-order chi connectivity index (χ0) is 24.4. The van der Waals surface area contributed by atoms with Crippen LogP contribution < -0.4 is 15.4 Å². The number of aliphatic carboxylic acids is 1. The normalized spacial score (nSPS) is 16.3. The summed E-state index contributed by atoms with van der Waals surface area (Å²) in [4.78, 5) is 17.7. The highest BCUT2D eigenvalue weighted by atomic mass is 19.1. The van der Waals surface area contributed by atoms with Crippen LogP contribution >= 0.6 is 0 Å². The van der Waals surface area contributed by atoms with Gasteiger partial charge in [-0.3, -0.25) is 9.78 Å². The van der Waals surface area contributed by atoms with E-state index >= 15 is 4.39 Å². The Morgan fingerprint density at radius 2 is 1.89 bits per heavy atom. The predicted molar refractivity (Wildman–Crippen MR) is 133 cm³/mol. The number of carbonyl (C=O) groups is 1. The number of ether oxygens (including phenoxy) is 1. The van der Waals surface area contributed by atoms with Crippen molar-refractivity contribution in [3.05, 3.63) is 77.4 Å². The molecule has 0 bridgehead atoms. The van der Waals surface area contributed by atoms with Gasteiger partial charge >= 0.3 is 5.97 Å². The van der Waals surface area contributed by atoms with Crippen LogP contribution in [0.15, 0.2) is 54.7 Å². The second-order valence-electron chi connectivity index (χ2n) is 9.67. The molecule has 182 valence electrons. The fourth-order valence-electron chi connectivity index (χ4n) is 4.98. The van der Waals surface area contributed by atoms with Gasteiger partial charge in [-0.1, -0.05) is 18.2 Å². The van der Waals surface area contributed by atoms with Crippen molar-refractivity contribution in [3.63, 3.8) is 0 Å². The summed E-state index contributed by atoms with van der Waals surface area (Å²) in [6, 6.07) is 14.9. The standard InChI is InChI=1S/C28H30FN3O3/c29-27-23(5-10-31-24(27)17-30)21-13-19(18-35-25-4-2-1-3-20(25)16-26(33)34)14-22(15-21)32-11-8-28(6-7-28)9-12-32/h1-5,10,13-15H,6-9,11-12,16-18,30H2,(H,33,34). The van der Waals surface area contributed by atoms with Gasteiger partial charge in [0.25, 0.3) is 0 Å². The van der Waals surface area contributed by atoms with Crippen molar-refractivity contribution in [1.29, 1.82) is 0 Å². The van der Waals surface area contributed by atoms with E-state index in [9.17, 15) is 9.90 Å². The van der Waals surface area contributed by atoms with Crippen molar-refractivity contribution in [2.75, 3.05) is 18.0 Å². The number of para-hydroxylation sites is 1. The van der Waals surface area contributed by atoms with Crippen LogP contribution in [0, 0.1) is 11.2 Å². The lowest BCUT2D eigenvalue weighted by Gasteiger charge is -2.34. The van der Waals surface area contributed by atoms with Crippen LogP contribution in [0.4, 0.5) is 10.1 Å². The second-order valence-corrected chi connectivity index (χ2v) is 9.67. The molecule has 6 nitrogen and oxygen atoms in total. The Balaban J connectivity index is 1.46. The molecular weight excluding hydrogens is 445 g/mol. The smallest absolute Gasteiger partial charge is 0.307 e. The van der Waals surface area contributed by atoms with Crippen LogP contribution in [-0.4, -0.2) is 29.1 Å². The van der Waals surface area contributed by atoms with E-state index < -0.39 is 11.8 Å². The molecule has 1 aliphatic heterocycles. The van der Waals surface area contributed by atoms with Crippen molar-refractivity contribution >= 4 is 11.7 Å². The van der Waals surface area contributed by atoms with Gasteiger partial charge in [-0.15, -0.1) is 0 Å². The number of hydrogen-bond acceptors (Lipinski definition) is 5. The number of benzene rings is 2. The Morgan fingerprint density at radius 3 is 2.60 bits per heavy atom. The van der Waals surface area contributed by atoms with Crippen LogP contribution in [0.1, 0.15) is 42.5 Å². The van der Waals surface area contributed by atoms with E-state index in [1.54, 1.807) is 30.5 Å². The van der Waals surface area contributed by atoms with E-state index in [-0.39, 0.29) is 25.3 Å². The molecule has 7 heteroatoms. The van der Waals surface area contributed by atoms with Crippen LogP contribution in [0.5, 0.6) is 5.75 Å². The minimum absolute atomic E-state index is 0.0316. The number of nitrogens with zero attached hydrogens (tertiary/aromatic N) is 2. The zero-order valence-electron chi connectivity index (χ0n) is 19.7. The minimum atomic E-state index is -0.910. The molecule has 35 heavy (non-hydrogen) atoms. The Kier molecular flexibility index (Phi) is 6.43. The quantitative estimate of drug-likeness (QED) is 0.480. The molecule has 0 radical (unpaired) electrons. The van der Waals surface area contributed by atoms with E-state index in [2.05, 4.69) is 16.0 Å². The summed E-state index contributed by atoms with van der Waals surface area (Å²) in [7, 11) is 0. The van der Waals surface area contributed by atoms with E-state index in [4.69, 9.17) is 10.5 Å². The molecule has 3 aromatic rings. The van der Waals surface area contributed by atoms with Gasteiger partial charge in [-0.2, -0.15) is 0 Å². The van der Waals surface area contributed by atoms with Gasteiger partial charge in [-0.05, 0) is 72.6 Å². The van der Waals surface area contributed by atoms with Gasteiger partial charge in [0.15, 0.2) is 5.82 Å². The summed E-state index contributed by atoms with van der Waals surface area (Å²) in [5, 5.41) is 9.22. The number of rotatable bonds is 8. The summed E-state index contributed by atoms with van der Waals surface area (Å²) in [6.07, 6.45) is 6.52. The maximum Gasteiger partial charge on any atom is 0.307 e. The molecule has 5 rings (SSSR count). The van der Waals surface area contributed by atoms with Gasteiger partial charge in [0, 0.05) is 42.6 Å². The SMILES string of the molecule is NCc1nccc(-c2cc(COc3ccccc3CC(=O)O)cc(N3CCC4(CC3)CC4)c2)c1F. The number of nitrogens with two attached hydrogens (primary N) is 1. The molecule has 2 heterocycles. The van der Waals surface area contributed by atoms with Crippen molar-refractivity contribution in [2.45, 2.75) is 45.3 Å². The topological polar surface area (TPSA) is 88.7 Å². The highest BCUT2D eigenvalue weighted by Crippen LogP contribution is 2.54. The summed E-state index contributed by atoms with van der Waals surface area (Å²) in [5.74, 6) is -0.773. The first-order chi connectivity index (χ1) is 17.0. The van der Waals surface area contributed by atoms with Crippen molar-refractivity contribution in [2.24, 2.45) is 11.1 Å². The molecule has 2 aliphatic rings. The third-order valence-corrected chi connectivity index (χ3v) is 7.30. The lowest BCUT2D eigenvalue weighted by Crippen LogP contribution is -2.34. The average Bonchev–Trinajstić information content (AvgIpc) is 3.62. The molecule has 2 fully saturated rings. The average molecular weight is 476 g/mol. The summed E-state index contributed by atoms with van der Waals surface area (Å²) < 4.78 is 21.2. The van der Waals surface area contributed by atoms with Crippen molar-refractivity contribution < 1.29 is 19.0 Å². The minimum Gasteiger partial charge on any atom is -0.489 e. The van der Waals surface area contributed by atoms with Crippen molar-refractivity contribution in [3.8, 4) is 16.9 Å². The van der Waals surface area contributed by atoms with Crippen LogP contribution in [0.25, 0.3) is 11.1 Å². The number of halogens is 1. The van der Waals surface area contributed by atoms with Gasteiger partial charge in [0.05, 0.1) is 12.1 Å². The maximum atomic E-state index is 15.2. The van der Waals surface area contributed by atoms with Crippen molar-refractivity contribution in [1.82, 2.24) is 4.98 Å². The number of carboxylic acid groups (broad SMARTS) is 1. The first-order valence-corrected chi connectivity index (χ1v) is 12.1. The Bertz CT molecular complexity index is 1230. The molecular formula is C28H30FN3O3. The summed E-state index contributed by atoms with van der Waals surface area (Å²) >= 11 is 0. The third kappa shape index (κ3) is 5.15. The Morgan fingerprint density at radius 1 is 1.11 bits per heavy atom. The lowest BCUT2D eigenvalue weighted by molar-refractivity contribution is -0.136. The Hall–Kier alpha value is -3.45. The summed E-state index contributed by atoms with van der Waals surface area (Å²) in [6.45, 7) is 2.24. The molecule has 2 aromatic carbocycles. The molecule has 1 aliphatic carbocycles. The molecule has 0 amide bonds. The largest absolute Gasteiger partial charge is 0.489 e. The highest BCUT2D eigenvalue weighted by Gasteiger charge is 2.44. The summed E-state index contributed by atoms with van der Waals surface area (Å²) in [5.41, 5.74) is 10.3. The fourth-order valence-corrected chi connectivity index (χ4v) is 4.98. The second kappa shape index (κ2) is 9.66. The predicted octanol–water partition coefficient (Wildman–Crippen LogP) is 4.93. The van der Waals surface area contributed by atoms with E-state index in [1.807, 2.05) is 18.2 Å². The molecule has 1 saturated carbocycles. The molecule has 3 N–H and O–H groups in total. The number of carboxylic acids is 1. The van der Waals surface area contributed by atoms with Gasteiger partial charge in [0.2, 0.25) is 0 Å². The maximum absolute atomic E-state index is 15.2. The van der Waals surface area contributed by atoms with Crippen LogP contribution in [0.3, 0.4) is 0 Å². The molecule has 1 aromatic heterocycles. The molecule has 1 saturated heterocycles. The first kappa shape index (κ1) is 23.3. The monoisotopic (exact) mass is 475 g/mol. The number of piperidine rings is 1. The van der Waals surface area contributed by atoms with Crippen LogP contribution in [0.2, 0.25) is 0 Å². The van der Waals surface area contributed by atoms with E-state index in [1.165, 1.54) is 25.7 Å². The highest BCUT2D eigenvalue weighted by molar-refractivity contribution is 5.72. The third-order valence-electron chi connectivity index (χ3n) is 7.30. The Labute approximate surface area is 204 Å². The number of hydrogen-bond donors (Lipinski definition) is 2. The van der Waals surface area contributed by atoms with Crippen LogP contribution in [-0.2, 0) is 24.4 Å². The van der Waals surface area contributed by atoms with Gasteiger partial charge in [0.1, 0.15) is 12.4 Å². The molecule has 0 unspecified atom stereocenters.